The van der Waals surface area contributed by atoms with Crippen LogP contribution in [-0.4, -0.2) is 5.78 Å². The van der Waals surface area contributed by atoms with Crippen LogP contribution >= 0.6 is 0 Å². The Bertz CT molecular complexity index is 417. The van der Waals surface area contributed by atoms with E-state index in [-0.39, 0.29) is 11.3 Å². The van der Waals surface area contributed by atoms with Crippen LogP contribution in [0.4, 0.5) is 0 Å². The third kappa shape index (κ3) is 4.48. The van der Waals surface area contributed by atoms with Crippen LogP contribution in [0.2, 0.25) is 0 Å². The minimum atomic E-state index is -0.261. The molecule has 0 aliphatic carbocycles. The first-order valence-electron chi connectivity index (χ1n) is 6.54. The fraction of sp³-hybridized carbons (Fsp3) is 0.471. The van der Waals surface area contributed by atoms with E-state index >= 15 is 0 Å². The summed E-state index contributed by atoms with van der Waals surface area (Å²) in [6.45, 7) is 10.1. The van der Waals surface area contributed by atoms with Crippen LogP contribution in [0.25, 0.3) is 0 Å². The second-order valence-corrected chi connectivity index (χ2v) is 6.14. The Morgan fingerprint density at radius 2 is 1.72 bits per heavy atom. The van der Waals surface area contributed by atoms with Crippen LogP contribution in [0.15, 0.2) is 42.0 Å². The van der Waals surface area contributed by atoms with Crippen LogP contribution in [0.1, 0.15) is 52.5 Å². The molecule has 0 aromatic heterocycles. The summed E-state index contributed by atoms with van der Waals surface area (Å²) in [5.41, 5.74) is 2.21. The normalized spacial score (nSPS) is 12.9. The molecule has 1 heteroatoms. The maximum absolute atomic E-state index is 12.2. The van der Waals surface area contributed by atoms with Crippen molar-refractivity contribution >= 4 is 5.78 Å². The van der Waals surface area contributed by atoms with E-state index in [1.165, 1.54) is 11.1 Å². The molecule has 1 aromatic carbocycles. The van der Waals surface area contributed by atoms with Crippen molar-refractivity contribution in [2.75, 3.05) is 0 Å². The summed E-state index contributed by atoms with van der Waals surface area (Å²) < 4.78 is 0. The predicted octanol–water partition coefficient (Wildman–Crippen LogP) is 4.74. The van der Waals surface area contributed by atoms with Gasteiger partial charge in [0, 0.05) is 17.8 Å². The first kappa shape index (κ1) is 14.7. The van der Waals surface area contributed by atoms with Gasteiger partial charge in [0.2, 0.25) is 0 Å². The number of carbonyl (C=O) groups excluding carboxylic acids is 1. The zero-order valence-corrected chi connectivity index (χ0v) is 12.2. The summed E-state index contributed by atoms with van der Waals surface area (Å²) in [6, 6.07) is 10.3. The van der Waals surface area contributed by atoms with E-state index < -0.39 is 0 Å². The highest BCUT2D eigenvalue weighted by atomic mass is 16.1. The highest BCUT2D eigenvalue weighted by Gasteiger charge is 2.24. The number of hydrogen-bond donors (Lipinski definition) is 0. The molecule has 0 radical (unpaired) electrons. The molecule has 0 heterocycles. The van der Waals surface area contributed by atoms with Crippen molar-refractivity contribution in [3.05, 3.63) is 47.5 Å². The standard InChI is InChI=1S/C17H24O/c1-13(2)11-15(12-16(18)17(3,4)5)14-9-7-6-8-10-14/h6-11,15H,12H2,1-5H3. The van der Waals surface area contributed by atoms with Crippen molar-refractivity contribution < 1.29 is 4.79 Å². The average Bonchev–Trinajstić information content (AvgIpc) is 2.27. The Balaban J connectivity index is 2.95. The summed E-state index contributed by atoms with van der Waals surface area (Å²) in [7, 11) is 0. The number of hydrogen-bond acceptors (Lipinski definition) is 1. The molecule has 0 bridgehead atoms. The average molecular weight is 244 g/mol. The summed E-state index contributed by atoms with van der Waals surface area (Å²) in [5, 5.41) is 0. The molecule has 1 rings (SSSR count). The van der Waals surface area contributed by atoms with Gasteiger partial charge in [-0.2, -0.15) is 0 Å². The Kier molecular flexibility index (Phi) is 4.89. The lowest BCUT2D eigenvalue weighted by atomic mass is 9.82. The summed E-state index contributed by atoms with van der Waals surface area (Å²) in [4.78, 5) is 12.2. The largest absolute Gasteiger partial charge is 0.299 e. The third-order valence-electron chi connectivity index (χ3n) is 3.00. The summed E-state index contributed by atoms with van der Waals surface area (Å²) >= 11 is 0. The SMILES string of the molecule is CC(C)=CC(CC(=O)C(C)(C)C)c1ccccc1. The van der Waals surface area contributed by atoms with Crippen LogP contribution in [0.5, 0.6) is 0 Å². The van der Waals surface area contributed by atoms with Gasteiger partial charge in [0.05, 0.1) is 0 Å². The van der Waals surface area contributed by atoms with Crippen molar-refractivity contribution in [2.45, 2.75) is 47.0 Å². The minimum absolute atomic E-state index is 0.197. The van der Waals surface area contributed by atoms with Crippen molar-refractivity contribution in [1.29, 1.82) is 0 Å². The van der Waals surface area contributed by atoms with E-state index in [4.69, 9.17) is 0 Å². The number of ketones is 1. The highest BCUT2D eigenvalue weighted by molar-refractivity contribution is 5.84. The van der Waals surface area contributed by atoms with Gasteiger partial charge in [-0.1, -0.05) is 62.8 Å². The monoisotopic (exact) mass is 244 g/mol. The fourth-order valence-electron chi connectivity index (χ4n) is 1.88. The van der Waals surface area contributed by atoms with Gasteiger partial charge in [0.1, 0.15) is 5.78 Å². The first-order valence-corrected chi connectivity index (χ1v) is 6.54. The highest BCUT2D eigenvalue weighted by Crippen LogP contribution is 2.28. The topological polar surface area (TPSA) is 17.1 Å². The Morgan fingerprint density at radius 3 is 2.17 bits per heavy atom. The Morgan fingerprint density at radius 1 is 1.17 bits per heavy atom. The van der Waals surface area contributed by atoms with Crippen LogP contribution in [0, 0.1) is 5.41 Å². The molecule has 1 nitrogen and oxygen atoms in total. The van der Waals surface area contributed by atoms with Gasteiger partial charge in [-0.15, -0.1) is 0 Å². The van der Waals surface area contributed by atoms with Gasteiger partial charge in [-0.25, -0.2) is 0 Å². The zero-order chi connectivity index (χ0) is 13.8. The molecule has 0 saturated heterocycles. The molecule has 0 fully saturated rings. The number of rotatable bonds is 4. The number of carbonyl (C=O) groups is 1. The molecule has 0 spiro atoms. The maximum atomic E-state index is 12.2. The van der Waals surface area contributed by atoms with Gasteiger partial charge in [0.15, 0.2) is 0 Å². The molecule has 18 heavy (non-hydrogen) atoms. The molecule has 1 aromatic rings. The van der Waals surface area contributed by atoms with E-state index in [2.05, 4.69) is 32.1 Å². The minimum Gasteiger partial charge on any atom is -0.299 e. The second-order valence-electron chi connectivity index (χ2n) is 6.14. The van der Waals surface area contributed by atoms with E-state index in [9.17, 15) is 4.79 Å². The molecule has 1 atom stereocenters. The van der Waals surface area contributed by atoms with Crippen molar-refractivity contribution in [1.82, 2.24) is 0 Å². The second kappa shape index (κ2) is 5.99. The molecular weight excluding hydrogens is 220 g/mol. The molecule has 98 valence electrons. The van der Waals surface area contributed by atoms with Crippen LogP contribution in [-0.2, 0) is 4.79 Å². The van der Waals surface area contributed by atoms with E-state index in [1.54, 1.807) is 0 Å². The van der Waals surface area contributed by atoms with Crippen molar-refractivity contribution in [2.24, 2.45) is 5.41 Å². The van der Waals surface area contributed by atoms with Gasteiger partial charge in [-0.3, -0.25) is 4.79 Å². The number of Topliss-reactive ketones (excluding diaryl/α,β-unsaturated/α-hetero) is 1. The van der Waals surface area contributed by atoms with Crippen LogP contribution in [0.3, 0.4) is 0 Å². The smallest absolute Gasteiger partial charge is 0.139 e. The van der Waals surface area contributed by atoms with Crippen molar-refractivity contribution in [3.63, 3.8) is 0 Å². The van der Waals surface area contributed by atoms with E-state index in [0.29, 0.717) is 12.2 Å². The lowest BCUT2D eigenvalue weighted by Crippen LogP contribution is -2.22. The van der Waals surface area contributed by atoms with Gasteiger partial charge in [0.25, 0.3) is 0 Å². The lowest BCUT2D eigenvalue weighted by Gasteiger charge is -2.21. The molecule has 0 N–H and O–H groups in total. The molecular formula is C17H24O. The molecule has 1 unspecified atom stereocenters. The molecule has 0 amide bonds. The number of allylic oxidation sites excluding steroid dienone is 2. The summed E-state index contributed by atoms with van der Waals surface area (Å²) in [6.07, 6.45) is 2.78. The predicted molar refractivity (Wildman–Crippen MR) is 77.7 cm³/mol. The van der Waals surface area contributed by atoms with Crippen molar-refractivity contribution in [3.8, 4) is 0 Å². The van der Waals surface area contributed by atoms with Crippen LogP contribution < -0.4 is 0 Å². The Hall–Kier alpha value is -1.37. The zero-order valence-electron chi connectivity index (χ0n) is 12.2. The molecule has 0 saturated carbocycles. The maximum Gasteiger partial charge on any atom is 0.139 e. The van der Waals surface area contributed by atoms with E-state index in [1.807, 2.05) is 39.0 Å². The molecule has 0 aliphatic heterocycles. The van der Waals surface area contributed by atoms with Gasteiger partial charge < -0.3 is 0 Å². The van der Waals surface area contributed by atoms with Gasteiger partial charge in [-0.05, 0) is 19.4 Å². The van der Waals surface area contributed by atoms with E-state index in [0.717, 1.165) is 0 Å². The first-order chi connectivity index (χ1) is 8.30. The summed E-state index contributed by atoms with van der Waals surface area (Å²) in [5.74, 6) is 0.511. The van der Waals surface area contributed by atoms with Gasteiger partial charge >= 0.3 is 0 Å². The number of benzene rings is 1. The Labute approximate surface area is 111 Å². The quantitative estimate of drug-likeness (QED) is 0.699. The third-order valence-corrected chi connectivity index (χ3v) is 3.00. The molecule has 0 aliphatic rings. The lowest BCUT2D eigenvalue weighted by molar-refractivity contribution is -0.126. The fourth-order valence-corrected chi connectivity index (χ4v) is 1.88.